The van der Waals surface area contributed by atoms with Crippen LogP contribution in [0.3, 0.4) is 0 Å². The molecule has 1 aromatic rings. The van der Waals surface area contributed by atoms with E-state index in [9.17, 15) is 21.6 Å². The number of benzene rings is 1. The molecular weight excluding hydrogens is 293 g/mol. The van der Waals surface area contributed by atoms with Gasteiger partial charge in [-0.25, -0.2) is 8.42 Å². The van der Waals surface area contributed by atoms with Gasteiger partial charge in [0.25, 0.3) is 9.84 Å². The maximum Gasteiger partial charge on any atom is 0.501 e. The fourth-order valence-corrected chi connectivity index (χ4v) is 2.36. The summed E-state index contributed by atoms with van der Waals surface area (Å²) in [5, 5.41) is 6.04. The van der Waals surface area contributed by atoms with Gasteiger partial charge in [0.05, 0.1) is 4.90 Å². The van der Waals surface area contributed by atoms with Crippen molar-refractivity contribution in [3.8, 4) is 0 Å². The topological polar surface area (TPSA) is 58.2 Å². The molecule has 0 amide bonds. The lowest BCUT2D eigenvalue weighted by Gasteiger charge is -2.13. The maximum absolute atomic E-state index is 12.3. The molecule has 0 fully saturated rings. The smallest absolute Gasteiger partial charge is 0.385 e. The molecule has 0 spiro atoms. The molecule has 0 heterocycles. The summed E-state index contributed by atoms with van der Waals surface area (Å²) in [6.07, 6.45) is 0. The Hall–Kier alpha value is -1.28. The summed E-state index contributed by atoms with van der Waals surface area (Å²) in [7, 11) is -3.44. The Morgan fingerprint density at radius 3 is 2.15 bits per heavy atom. The van der Waals surface area contributed by atoms with Gasteiger partial charge in [-0.15, -0.1) is 0 Å². The van der Waals surface area contributed by atoms with Crippen molar-refractivity contribution in [2.75, 3.05) is 25.5 Å². The van der Waals surface area contributed by atoms with Crippen molar-refractivity contribution in [2.24, 2.45) is 5.92 Å². The molecule has 20 heavy (non-hydrogen) atoms. The number of sulfone groups is 1. The van der Waals surface area contributed by atoms with E-state index in [0.717, 1.165) is 18.7 Å². The van der Waals surface area contributed by atoms with Crippen LogP contribution < -0.4 is 10.6 Å². The summed E-state index contributed by atoms with van der Waals surface area (Å²) in [5.41, 5.74) is -4.70. The quantitative estimate of drug-likeness (QED) is 0.846. The van der Waals surface area contributed by atoms with E-state index in [0.29, 0.717) is 18.2 Å². The summed E-state index contributed by atoms with van der Waals surface area (Å²) in [4.78, 5) is -0.751. The summed E-state index contributed by atoms with van der Waals surface area (Å²) >= 11 is 0. The lowest BCUT2D eigenvalue weighted by atomic mass is 10.2. The van der Waals surface area contributed by atoms with Gasteiger partial charge in [0, 0.05) is 12.2 Å². The van der Waals surface area contributed by atoms with Crippen LogP contribution in [-0.2, 0) is 9.84 Å². The number of hydrogen-bond donors (Lipinski definition) is 2. The van der Waals surface area contributed by atoms with Crippen molar-refractivity contribution in [1.29, 1.82) is 0 Å². The highest BCUT2D eigenvalue weighted by atomic mass is 32.2. The van der Waals surface area contributed by atoms with Gasteiger partial charge in [-0.05, 0) is 43.8 Å². The van der Waals surface area contributed by atoms with Crippen LogP contribution in [-0.4, -0.2) is 34.1 Å². The third kappa shape index (κ3) is 4.11. The van der Waals surface area contributed by atoms with E-state index in [1.807, 2.05) is 14.0 Å². The van der Waals surface area contributed by atoms with Crippen LogP contribution in [0.15, 0.2) is 29.2 Å². The van der Waals surface area contributed by atoms with E-state index in [1.54, 1.807) is 0 Å². The van der Waals surface area contributed by atoms with Crippen LogP contribution in [0.5, 0.6) is 0 Å². The molecular formula is C12H17F3N2O2S. The Morgan fingerprint density at radius 2 is 1.70 bits per heavy atom. The Labute approximate surface area is 116 Å². The van der Waals surface area contributed by atoms with Crippen molar-refractivity contribution in [3.05, 3.63) is 24.3 Å². The first kappa shape index (κ1) is 16.8. The monoisotopic (exact) mass is 310 g/mol. The first-order valence-corrected chi connectivity index (χ1v) is 7.46. The van der Waals surface area contributed by atoms with Crippen LogP contribution in [0, 0.1) is 5.92 Å². The lowest BCUT2D eigenvalue weighted by Crippen LogP contribution is -2.23. The summed E-state index contributed by atoms with van der Waals surface area (Å²) in [6.45, 7) is 3.44. The number of alkyl halides is 3. The second-order valence-corrected chi connectivity index (χ2v) is 6.46. The zero-order valence-corrected chi connectivity index (χ0v) is 12.0. The van der Waals surface area contributed by atoms with E-state index in [2.05, 4.69) is 10.6 Å². The van der Waals surface area contributed by atoms with Crippen LogP contribution in [0.25, 0.3) is 0 Å². The third-order valence-corrected chi connectivity index (χ3v) is 4.18. The van der Waals surface area contributed by atoms with E-state index in [1.165, 1.54) is 12.1 Å². The number of nitrogens with one attached hydrogen (secondary N) is 2. The van der Waals surface area contributed by atoms with Gasteiger partial charge in [-0.3, -0.25) is 0 Å². The van der Waals surface area contributed by atoms with Crippen LogP contribution in [0.4, 0.5) is 18.9 Å². The predicted molar refractivity (Wildman–Crippen MR) is 71.3 cm³/mol. The highest BCUT2D eigenvalue weighted by Gasteiger charge is 2.46. The van der Waals surface area contributed by atoms with Crippen LogP contribution >= 0.6 is 0 Å². The highest BCUT2D eigenvalue weighted by Crippen LogP contribution is 2.30. The second kappa shape index (κ2) is 6.45. The van der Waals surface area contributed by atoms with E-state index in [-0.39, 0.29) is 0 Å². The van der Waals surface area contributed by atoms with Gasteiger partial charge >= 0.3 is 5.51 Å². The van der Waals surface area contributed by atoms with Gasteiger partial charge in [-0.2, -0.15) is 13.2 Å². The molecule has 0 radical (unpaired) electrons. The van der Waals surface area contributed by atoms with Crippen LogP contribution in [0.1, 0.15) is 6.92 Å². The fraction of sp³-hybridized carbons (Fsp3) is 0.500. The molecule has 0 saturated carbocycles. The first-order chi connectivity index (χ1) is 9.18. The fourth-order valence-electron chi connectivity index (χ4n) is 1.60. The highest BCUT2D eigenvalue weighted by molar-refractivity contribution is 7.92. The Kier molecular flexibility index (Phi) is 5.41. The van der Waals surface area contributed by atoms with Crippen molar-refractivity contribution in [3.63, 3.8) is 0 Å². The van der Waals surface area contributed by atoms with Gasteiger partial charge in [0.15, 0.2) is 0 Å². The SMILES string of the molecule is CNCC(C)CNc1ccc(S(=O)(=O)C(F)(F)F)cc1. The third-order valence-electron chi connectivity index (χ3n) is 2.68. The molecule has 8 heteroatoms. The minimum Gasteiger partial charge on any atom is -0.385 e. The molecule has 0 aromatic heterocycles. The lowest BCUT2D eigenvalue weighted by molar-refractivity contribution is -0.0436. The minimum absolute atomic E-state index is 0.332. The molecule has 1 unspecified atom stereocenters. The van der Waals surface area contributed by atoms with E-state index in [4.69, 9.17) is 0 Å². The van der Waals surface area contributed by atoms with Crippen molar-refractivity contribution >= 4 is 15.5 Å². The average molecular weight is 310 g/mol. The van der Waals surface area contributed by atoms with Gasteiger partial charge in [0.1, 0.15) is 0 Å². The Balaban J connectivity index is 2.75. The molecule has 0 aliphatic carbocycles. The molecule has 2 N–H and O–H groups in total. The maximum atomic E-state index is 12.3. The number of halogens is 3. The average Bonchev–Trinajstić information content (AvgIpc) is 2.36. The zero-order valence-electron chi connectivity index (χ0n) is 11.2. The summed E-state index contributed by atoms with van der Waals surface area (Å²) < 4.78 is 59.4. The standard InChI is InChI=1S/C12H17F3N2O2S/c1-9(7-16-2)8-17-10-3-5-11(6-4-10)20(18,19)12(13,14)15/h3-6,9,16-17H,7-8H2,1-2H3. The largest absolute Gasteiger partial charge is 0.501 e. The number of rotatable bonds is 6. The molecule has 0 saturated heterocycles. The molecule has 1 aromatic carbocycles. The number of anilines is 1. The second-order valence-electron chi connectivity index (χ2n) is 4.52. The molecule has 1 atom stereocenters. The van der Waals surface area contributed by atoms with Crippen LogP contribution in [0.2, 0.25) is 0 Å². The summed E-state index contributed by atoms with van der Waals surface area (Å²) in [5.74, 6) is 0.332. The van der Waals surface area contributed by atoms with Gasteiger partial charge in [0.2, 0.25) is 0 Å². The van der Waals surface area contributed by atoms with Crippen molar-refractivity contribution in [1.82, 2.24) is 5.32 Å². The Morgan fingerprint density at radius 1 is 1.15 bits per heavy atom. The summed E-state index contributed by atoms with van der Waals surface area (Å²) in [6, 6.07) is 4.55. The zero-order chi connectivity index (χ0) is 15.4. The molecule has 1 rings (SSSR count). The van der Waals surface area contributed by atoms with Gasteiger partial charge in [-0.1, -0.05) is 6.92 Å². The van der Waals surface area contributed by atoms with E-state index >= 15 is 0 Å². The molecule has 0 bridgehead atoms. The van der Waals surface area contributed by atoms with Crippen molar-refractivity contribution < 1.29 is 21.6 Å². The molecule has 4 nitrogen and oxygen atoms in total. The first-order valence-electron chi connectivity index (χ1n) is 5.98. The van der Waals surface area contributed by atoms with Crippen molar-refractivity contribution in [2.45, 2.75) is 17.3 Å². The number of hydrogen-bond acceptors (Lipinski definition) is 4. The normalized spacial score (nSPS) is 14.1. The molecule has 0 aliphatic heterocycles. The molecule has 0 aliphatic rings. The Bertz CT molecular complexity index is 527. The van der Waals surface area contributed by atoms with E-state index < -0.39 is 20.2 Å². The van der Waals surface area contributed by atoms with Gasteiger partial charge < -0.3 is 10.6 Å². The minimum atomic E-state index is -5.27. The molecule has 114 valence electrons. The predicted octanol–water partition coefficient (Wildman–Crippen LogP) is 2.25.